The van der Waals surface area contributed by atoms with Crippen LogP contribution >= 0.6 is 11.3 Å². The fraction of sp³-hybridized carbons (Fsp3) is 0.308. The Hall–Kier alpha value is -1.55. The van der Waals surface area contributed by atoms with Gasteiger partial charge < -0.3 is 10.6 Å². The maximum Gasteiger partial charge on any atom is 0.130 e. The molecule has 2 N–H and O–H groups in total. The van der Waals surface area contributed by atoms with E-state index in [1.165, 1.54) is 4.88 Å². The zero-order valence-electron chi connectivity index (χ0n) is 10.1. The van der Waals surface area contributed by atoms with Gasteiger partial charge in [-0.15, -0.1) is 11.3 Å². The molecular formula is C13H17N3S. The summed E-state index contributed by atoms with van der Waals surface area (Å²) in [5.41, 5.74) is 6.52. The first-order chi connectivity index (χ1) is 8.16. The number of aromatic nitrogens is 1. The first kappa shape index (κ1) is 11.9. The van der Waals surface area contributed by atoms with Crippen molar-refractivity contribution in [2.24, 2.45) is 0 Å². The number of pyridine rings is 1. The van der Waals surface area contributed by atoms with Crippen molar-refractivity contribution in [3.63, 3.8) is 0 Å². The zero-order chi connectivity index (χ0) is 12.3. The molecule has 0 spiro atoms. The standard InChI is InChI=1S/C13H17N3S/c1-10(8-12-4-3-7-17-12)16(2)13-9-11(14)5-6-15-13/h3-7,9-10H,8H2,1-2H3,(H2,14,15). The number of hydrogen-bond donors (Lipinski definition) is 1. The second kappa shape index (κ2) is 5.19. The lowest BCUT2D eigenvalue weighted by molar-refractivity contribution is 0.680. The van der Waals surface area contributed by atoms with Crippen LogP contribution in [0.5, 0.6) is 0 Å². The third-order valence-electron chi connectivity index (χ3n) is 2.87. The summed E-state index contributed by atoms with van der Waals surface area (Å²) in [6, 6.07) is 8.38. The van der Waals surface area contributed by atoms with E-state index in [9.17, 15) is 0 Å². The summed E-state index contributed by atoms with van der Waals surface area (Å²) < 4.78 is 0. The molecule has 0 amide bonds. The topological polar surface area (TPSA) is 42.1 Å². The monoisotopic (exact) mass is 247 g/mol. The van der Waals surface area contributed by atoms with Gasteiger partial charge in [0.25, 0.3) is 0 Å². The van der Waals surface area contributed by atoms with Crippen molar-refractivity contribution in [3.8, 4) is 0 Å². The number of anilines is 2. The van der Waals surface area contributed by atoms with Gasteiger partial charge in [-0.2, -0.15) is 0 Å². The van der Waals surface area contributed by atoms with E-state index in [0.717, 1.165) is 17.9 Å². The normalized spacial score (nSPS) is 12.4. The molecule has 0 saturated carbocycles. The summed E-state index contributed by atoms with van der Waals surface area (Å²) in [6.07, 6.45) is 2.78. The summed E-state index contributed by atoms with van der Waals surface area (Å²) in [4.78, 5) is 7.90. The van der Waals surface area contributed by atoms with Crippen molar-refractivity contribution in [2.45, 2.75) is 19.4 Å². The molecule has 2 aromatic rings. The first-order valence-electron chi connectivity index (χ1n) is 5.63. The molecule has 0 bridgehead atoms. The summed E-state index contributed by atoms with van der Waals surface area (Å²) in [5.74, 6) is 0.925. The average Bonchev–Trinajstić information content (AvgIpc) is 2.80. The highest BCUT2D eigenvalue weighted by atomic mass is 32.1. The molecule has 0 aromatic carbocycles. The number of nitrogen functional groups attached to an aromatic ring is 1. The van der Waals surface area contributed by atoms with E-state index >= 15 is 0 Å². The van der Waals surface area contributed by atoms with Crippen molar-refractivity contribution in [2.75, 3.05) is 17.7 Å². The highest BCUT2D eigenvalue weighted by Crippen LogP contribution is 2.18. The molecule has 0 saturated heterocycles. The largest absolute Gasteiger partial charge is 0.399 e. The number of likely N-dealkylation sites (N-methyl/N-ethyl adjacent to an activating group) is 1. The second-order valence-electron chi connectivity index (χ2n) is 4.19. The lowest BCUT2D eigenvalue weighted by Gasteiger charge is -2.25. The van der Waals surface area contributed by atoms with Gasteiger partial charge in [-0.25, -0.2) is 4.98 Å². The summed E-state index contributed by atoms with van der Waals surface area (Å²) in [7, 11) is 2.06. The number of nitrogens with zero attached hydrogens (tertiary/aromatic N) is 2. The quantitative estimate of drug-likeness (QED) is 0.903. The molecule has 1 unspecified atom stereocenters. The number of hydrogen-bond acceptors (Lipinski definition) is 4. The molecule has 2 aromatic heterocycles. The smallest absolute Gasteiger partial charge is 0.130 e. The van der Waals surface area contributed by atoms with Crippen LogP contribution in [0.15, 0.2) is 35.8 Å². The van der Waals surface area contributed by atoms with Gasteiger partial charge in [-0.1, -0.05) is 6.07 Å². The van der Waals surface area contributed by atoms with Gasteiger partial charge in [0.15, 0.2) is 0 Å². The molecular weight excluding hydrogens is 230 g/mol. The molecule has 17 heavy (non-hydrogen) atoms. The Morgan fingerprint density at radius 1 is 1.47 bits per heavy atom. The van der Waals surface area contributed by atoms with Crippen LogP contribution in [0.4, 0.5) is 11.5 Å². The van der Waals surface area contributed by atoms with Crippen molar-refractivity contribution < 1.29 is 0 Å². The lowest BCUT2D eigenvalue weighted by Crippen LogP contribution is -2.31. The molecule has 4 heteroatoms. The van der Waals surface area contributed by atoms with Crippen LogP contribution in [0.3, 0.4) is 0 Å². The van der Waals surface area contributed by atoms with Crippen molar-refractivity contribution >= 4 is 22.8 Å². The van der Waals surface area contributed by atoms with Crippen molar-refractivity contribution in [3.05, 3.63) is 40.7 Å². The lowest BCUT2D eigenvalue weighted by atomic mass is 10.2. The third kappa shape index (κ3) is 2.97. The summed E-state index contributed by atoms with van der Waals surface area (Å²) >= 11 is 1.80. The number of thiophene rings is 1. The predicted octanol–water partition coefficient (Wildman–Crippen LogP) is 2.79. The molecule has 0 aliphatic heterocycles. The fourth-order valence-corrected chi connectivity index (χ4v) is 2.54. The first-order valence-corrected chi connectivity index (χ1v) is 6.51. The maximum absolute atomic E-state index is 5.77. The van der Waals surface area contributed by atoms with Gasteiger partial charge in [0.05, 0.1) is 0 Å². The van der Waals surface area contributed by atoms with E-state index in [2.05, 4.69) is 41.4 Å². The molecule has 0 aliphatic carbocycles. The SMILES string of the molecule is CC(Cc1cccs1)N(C)c1cc(N)ccn1. The number of rotatable bonds is 4. The Labute approximate surface area is 106 Å². The van der Waals surface area contributed by atoms with E-state index < -0.39 is 0 Å². The minimum atomic E-state index is 0.406. The molecule has 3 nitrogen and oxygen atoms in total. The Kier molecular flexibility index (Phi) is 3.64. The van der Waals surface area contributed by atoms with Crippen LogP contribution in [-0.2, 0) is 6.42 Å². The minimum absolute atomic E-state index is 0.406. The zero-order valence-corrected chi connectivity index (χ0v) is 10.9. The van der Waals surface area contributed by atoms with Gasteiger partial charge in [0.2, 0.25) is 0 Å². The summed E-state index contributed by atoms with van der Waals surface area (Å²) in [5, 5.41) is 2.11. The third-order valence-corrected chi connectivity index (χ3v) is 3.77. The van der Waals surface area contributed by atoms with Gasteiger partial charge in [-0.3, -0.25) is 0 Å². The fourth-order valence-electron chi connectivity index (χ4n) is 1.71. The van der Waals surface area contributed by atoms with Gasteiger partial charge in [0.1, 0.15) is 5.82 Å². The van der Waals surface area contributed by atoms with E-state index in [1.54, 1.807) is 23.6 Å². The minimum Gasteiger partial charge on any atom is -0.399 e. The van der Waals surface area contributed by atoms with Crippen molar-refractivity contribution in [1.82, 2.24) is 4.98 Å². The van der Waals surface area contributed by atoms with Crippen LogP contribution < -0.4 is 10.6 Å². The molecule has 2 rings (SSSR count). The Morgan fingerprint density at radius 3 is 2.94 bits per heavy atom. The van der Waals surface area contributed by atoms with Crippen LogP contribution in [0.1, 0.15) is 11.8 Å². The maximum atomic E-state index is 5.77. The van der Waals surface area contributed by atoms with E-state index in [4.69, 9.17) is 5.73 Å². The molecule has 0 fully saturated rings. The van der Waals surface area contributed by atoms with E-state index in [-0.39, 0.29) is 0 Å². The Bertz CT molecular complexity index is 467. The van der Waals surface area contributed by atoms with Gasteiger partial charge >= 0.3 is 0 Å². The van der Waals surface area contributed by atoms with Gasteiger partial charge in [0, 0.05) is 42.3 Å². The molecule has 0 radical (unpaired) electrons. The van der Waals surface area contributed by atoms with Crippen LogP contribution in [-0.4, -0.2) is 18.1 Å². The summed E-state index contributed by atoms with van der Waals surface area (Å²) in [6.45, 7) is 2.20. The Morgan fingerprint density at radius 2 is 2.29 bits per heavy atom. The van der Waals surface area contributed by atoms with Crippen molar-refractivity contribution in [1.29, 1.82) is 0 Å². The highest BCUT2D eigenvalue weighted by molar-refractivity contribution is 7.09. The Balaban J connectivity index is 2.06. The number of nitrogens with two attached hydrogens (primary N) is 1. The van der Waals surface area contributed by atoms with Gasteiger partial charge in [-0.05, 0) is 24.4 Å². The molecule has 90 valence electrons. The predicted molar refractivity (Wildman–Crippen MR) is 74.5 cm³/mol. The van der Waals surface area contributed by atoms with Crippen LogP contribution in [0.2, 0.25) is 0 Å². The highest BCUT2D eigenvalue weighted by Gasteiger charge is 2.12. The molecule has 1 atom stereocenters. The van der Waals surface area contributed by atoms with E-state index in [1.807, 2.05) is 6.07 Å². The second-order valence-corrected chi connectivity index (χ2v) is 5.22. The molecule has 0 aliphatic rings. The van der Waals surface area contributed by atoms with E-state index in [0.29, 0.717) is 6.04 Å². The average molecular weight is 247 g/mol. The van der Waals surface area contributed by atoms with Crippen LogP contribution in [0, 0.1) is 0 Å². The molecule has 2 heterocycles. The van der Waals surface area contributed by atoms with Crippen LogP contribution in [0.25, 0.3) is 0 Å².